The molecule has 0 atom stereocenters. The van der Waals surface area contributed by atoms with Gasteiger partial charge in [0, 0.05) is 29.4 Å². The Morgan fingerprint density at radius 3 is 1.90 bits per heavy atom. The fourth-order valence-electron chi connectivity index (χ4n) is 2.59. The Kier molecular flexibility index (Phi) is 6.26. The third kappa shape index (κ3) is 5.43. The lowest BCUT2D eigenvalue weighted by molar-refractivity contribution is -0.114. The van der Waals surface area contributed by atoms with Crippen molar-refractivity contribution in [3.63, 3.8) is 0 Å². The summed E-state index contributed by atoms with van der Waals surface area (Å²) in [7, 11) is 0. The molecule has 0 unspecified atom stereocenters. The second-order valence-corrected chi connectivity index (χ2v) is 6.63. The van der Waals surface area contributed by atoms with Crippen LogP contribution in [0.1, 0.15) is 27.6 Å². The fourth-order valence-corrected chi connectivity index (χ4v) is 2.82. The van der Waals surface area contributed by atoms with E-state index >= 15 is 0 Å². The van der Waals surface area contributed by atoms with Crippen LogP contribution < -0.4 is 16.0 Å². The molecule has 0 fully saturated rings. The summed E-state index contributed by atoms with van der Waals surface area (Å²) in [5.74, 6) is -0.786. The minimum absolute atomic E-state index is 0.211. The maximum Gasteiger partial charge on any atom is 0.255 e. The minimum atomic E-state index is -0.347. The summed E-state index contributed by atoms with van der Waals surface area (Å²) >= 11 is 6.17. The summed E-state index contributed by atoms with van der Waals surface area (Å²) in [6.07, 6.45) is 0. The van der Waals surface area contributed by atoms with Crippen molar-refractivity contribution in [1.29, 1.82) is 0 Å². The van der Waals surface area contributed by atoms with Gasteiger partial charge in [0.25, 0.3) is 11.8 Å². The molecule has 0 aliphatic rings. The first-order chi connectivity index (χ1) is 13.9. The summed E-state index contributed by atoms with van der Waals surface area (Å²) in [4.78, 5) is 35.7. The van der Waals surface area contributed by atoms with Crippen LogP contribution in [0.15, 0.2) is 72.8 Å². The topological polar surface area (TPSA) is 87.3 Å². The molecule has 3 aromatic rings. The molecule has 0 aliphatic heterocycles. The number of halogens is 1. The molecule has 0 bridgehead atoms. The molecular weight excluding hydrogens is 390 g/mol. The molecule has 3 rings (SSSR count). The molecule has 0 saturated carbocycles. The van der Waals surface area contributed by atoms with E-state index in [1.165, 1.54) is 6.92 Å². The van der Waals surface area contributed by atoms with Crippen molar-refractivity contribution < 1.29 is 14.4 Å². The largest absolute Gasteiger partial charge is 0.326 e. The Bertz CT molecular complexity index is 1050. The van der Waals surface area contributed by atoms with Crippen LogP contribution in [0.4, 0.5) is 17.1 Å². The van der Waals surface area contributed by atoms with Gasteiger partial charge in [0.2, 0.25) is 5.91 Å². The van der Waals surface area contributed by atoms with Gasteiger partial charge in [-0.05, 0) is 54.6 Å². The molecule has 6 nitrogen and oxygen atoms in total. The van der Waals surface area contributed by atoms with E-state index in [4.69, 9.17) is 11.6 Å². The van der Waals surface area contributed by atoms with Crippen LogP contribution in [0.5, 0.6) is 0 Å². The van der Waals surface area contributed by atoms with Crippen LogP contribution in [0.2, 0.25) is 5.02 Å². The van der Waals surface area contributed by atoms with Crippen molar-refractivity contribution in [3.05, 3.63) is 88.9 Å². The SMILES string of the molecule is CC(=O)Nc1ccc(NC(=O)c2ccc(NC(=O)c3ccccc3)cc2)c(Cl)c1. The Hall–Kier alpha value is -3.64. The maximum atomic E-state index is 12.5. The number of nitrogens with one attached hydrogen (secondary N) is 3. The standard InChI is InChI=1S/C22H18ClN3O3/c1-14(27)24-18-11-12-20(19(23)13-18)26-22(29)16-7-9-17(10-8-16)25-21(28)15-5-3-2-4-6-15/h2-13H,1H3,(H,24,27)(H,25,28)(H,26,29). The monoisotopic (exact) mass is 407 g/mol. The van der Waals surface area contributed by atoms with Crippen molar-refractivity contribution in [2.75, 3.05) is 16.0 Å². The summed E-state index contributed by atoms with van der Waals surface area (Å²) in [6, 6.07) is 20.2. The van der Waals surface area contributed by atoms with Gasteiger partial charge in [0.15, 0.2) is 0 Å². The van der Waals surface area contributed by atoms with Gasteiger partial charge >= 0.3 is 0 Å². The molecule has 3 aromatic carbocycles. The summed E-state index contributed by atoms with van der Waals surface area (Å²) in [5.41, 5.74) is 2.50. The van der Waals surface area contributed by atoms with Crippen molar-refractivity contribution >= 4 is 46.4 Å². The third-order valence-electron chi connectivity index (χ3n) is 3.98. The highest BCUT2D eigenvalue weighted by Crippen LogP contribution is 2.26. The second-order valence-electron chi connectivity index (χ2n) is 6.23. The van der Waals surface area contributed by atoms with Gasteiger partial charge in [0.05, 0.1) is 10.7 Å². The first-order valence-electron chi connectivity index (χ1n) is 8.77. The zero-order valence-corrected chi connectivity index (χ0v) is 16.3. The van der Waals surface area contributed by atoms with Crippen LogP contribution in [0, 0.1) is 0 Å². The minimum Gasteiger partial charge on any atom is -0.326 e. The van der Waals surface area contributed by atoms with E-state index in [9.17, 15) is 14.4 Å². The number of hydrogen-bond donors (Lipinski definition) is 3. The van der Waals surface area contributed by atoms with E-state index < -0.39 is 0 Å². The fraction of sp³-hybridized carbons (Fsp3) is 0.0455. The molecule has 0 aromatic heterocycles. The summed E-state index contributed by atoms with van der Waals surface area (Å²) in [5, 5.41) is 8.42. The second kappa shape index (κ2) is 9.03. The number of carbonyl (C=O) groups excluding carboxylic acids is 3. The first kappa shape index (κ1) is 20.1. The van der Waals surface area contributed by atoms with Crippen molar-refractivity contribution in [3.8, 4) is 0 Å². The Morgan fingerprint density at radius 2 is 1.28 bits per heavy atom. The quantitative estimate of drug-likeness (QED) is 0.567. The number of benzene rings is 3. The molecule has 0 heterocycles. The van der Waals surface area contributed by atoms with Gasteiger partial charge in [-0.1, -0.05) is 29.8 Å². The Labute approximate surface area is 172 Å². The Morgan fingerprint density at radius 1 is 0.690 bits per heavy atom. The molecule has 0 saturated heterocycles. The van der Waals surface area contributed by atoms with E-state index in [-0.39, 0.29) is 17.7 Å². The number of amides is 3. The lowest BCUT2D eigenvalue weighted by atomic mass is 10.1. The van der Waals surface area contributed by atoms with E-state index in [1.54, 1.807) is 66.7 Å². The highest BCUT2D eigenvalue weighted by Gasteiger charge is 2.11. The van der Waals surface area contributed by atoms with E-state index in [1.807, 2.05) is 6.07 Å². The van der Waals surface area contributed by atoms with Gasteiger partial charge in [-0.15, -0.1) is 0 Å². The summed E-state index contributed by atoms with van der Waals surface area (Å²) in [6.45, 7) is 1.40. The zero-order valence-electron chi connectivity index (χ0n) is 15.5. The predicted octanol–water partition coefficient (Wildman–Crippen LogP) is 4.80. The van der Waals surface area contributed by atoms with E-state index in [0.717, 1.165) is 0 Å². The van der Waals surface area contributed by atoms with E-state index in [2.05, 4.69) is 16.0 Å². The smallest absolute Gasteiger partial charge is 0.255 e. The maximum absolute atomic E-state index is 12.5. The summed E-state index contributed by atoms with van der Waals surface area (Å²) < 4.78 is 0. The average Bonchev–Trinajstić information content (AvgIpc) is 2.70. The van der Waals surface area contributed by atoms with Crippen LogP contribution in [0.3, 0.4) is 0 Å². The molecule has 3 N–H and O–H groups in total. The predicted molar refractivity (Wildman–Crippen MR) is 115 cm³/mol. The highest BCUT2D eigenvalue weighted by molar-refractivity contribution is 6.34. The van der Waals surface area contributed by atoms with Gasteiger partial charge in [-0.25, -0.2) is 0 Å². The molecule has 29 heavy (non-hydrogen) atoms. The van der Waals surface area contributed by atoms with Crippen LogP contribution in [0.25, 0.3) is 0 Å². The van der Waals surface area contributed by atoms with E-state index in [0.29, 0.717) is 33.2 Å². The zero-order chi connectivity index (χ0) is 20.8. The number of carbonyl (C=O) groups is 3. The molecule has 7 heteroatoms. The van der Waals surface area contributed by atoms with Crippen LogP contribution >= 0.6 is 11.6 Å². The van der Waals surface area contributed by atoms with Crippen LogP contribution in [-0.4, -0.2) is 17.7 Å². The van der Waals surface area contributed by atoms with Gasteiger partial charge < -0.3 is 16.0 Å². The molecule has 146 valence electrons. The highest BCUT2D eigenvalue weighted by atomic mass is 35.5. The Balaban J connectivity index is 1.64. The number of anilines is 3. The lowest BCUT2D eigenvalue weighted by Crippen LogP contribution is -2.14. The number of rotatable bonds is 5. The average molecular weight is 408 g/mol. The molecule has 0 spiro atoms. The van der Waals surface area contributed by atoms with Crippen molar-refractivity contribution in [2.24, 2.45) is 0 Å². The van der Waals surface area contributed by atoms with Gasteiger partial charge in [-0.2, -0.15) is 0 Å². The number of hydrogen-bond acceptors (Lipinski definition) is 3. The van der Waals surface area contributed by atoms with Crippen LogP contribution in [-0.2, 0) is 4.79 Å². The van der Waals surface area contributed by atoms with Crippen molar-refractivity contribution in [1.82, 2.24) is 0 Å². The molecule has 0 aliphatic carbocycles. The lowest BCUT2D eigenvalue weighted by Gasteiger charge is -2.10. The first-order valence-corrected chi connectivity index (χ1v) is 9.15. The van der Waals surface area contributed by atoms with Gasteiger partial charge in [0.1, 0.15) is 0 Å². The van der Waals surface area contributed by atoms with Crippen molar-refractivity contribution in [2.45, 2.75) is 6.92 Å². The normalized spacial score (nSPS) is 10.1. The van der Waals surface area contributed by atoms with Gasteiger partial charge in [-0.3, -0.25) is 14.4 Å². The molecule has 3 amide bonds. The molecular formula is C22H18ClN3O3. The molecule has 0 radical (unpaired) electrons. The third-order valence-corrected chi connectivity index (χ3v) is 4.29.